The molecular weight excluding hydrogens is 466 g/mol. The van der Waals surface area contributed by atoms with Gasteiger partial charge in [0.25, 0.3) is 0 Å². The highest BCUT2D eigenvalue weighted by molar-refractivity contribution is 5.79. The fourth-order valence-corrected chi connectivity index (χ4v) is 5.26. The number of unbranched alkanes of at least 4 members (excludes halogenated alkanes) is 13. The van der Waals surface area contributed by atoms with Gasteiger partial charge in [0, 0.05) is 6.42 Å². The molecule has 0 unspecified atom stereocenters. The van der Waals surface area contributed by atoms with E-state index in [0.29, 0.717) is 19.3 Å². The molecule has 1 aliphatic rings. The van der Waals surface area contributed by atoms with Crippen LogP contribution in [0.3, 0.4) is 0 Å². The lowest BCUT2D eigenvalue weighted by atomic mass is 9.86. The van der Waals surface area contributed by atoms with Crippen molar-refractivity contribution in [1.29, 1.82) is 0 Å². The summed E-state index contributed by atoms with van der Waals surface area (Å²) in [7, 11) is 0. The van der Waals surface area contributed by atoms with E-state index < -0.39 is 6.04 Å². The molecule has 1 amide bonds. The van der Waals surface area contributed by atoms with Gasteiger partial charge in [0.1, 0.15) is 18.2 Å². The minimum Gasteiger partial charge on any atom is -0.461 e. The maximum Gasteiger partial charge on any atom is 0.328 e. The van der Waals surface area contributed by atoms with Crippen molar-refractivity contribution in [1.82, 2.24) is 5.32 Å². The first-order chi connectivity index (χ1) is 17.9. The Hall–Kier alpha value is -1.59. The molecule has 0 bridgehead atoms. The number of cyclic esters (lactones) is 1. The van der Waals surface area contributed by atoms with Crippen LogP contribution in [-0.2, 0) is 23.9 Å². The van der Waals surface area contributed by atoms with Crippen LogP contribution < -0.4 is 5.32 Å². The fourth-order valence-electron chi connectivity index (χ4n) is 5.26. The molecule has 0 aliphatic carbocycles. The first-order valence-corrected chi connectivity index (χ1v) is 15.5. The first kappa shape index (κ1) is 33.4. The Morgan fingerprint density at radius 3 is 1.95 bits per heavy atom. The summed E-state index contributed by atoms with van der Waals surface area (Å²) in [5, 5.41) is 2.63. The van der Waals surface area contributed by atoms with Crippen LogP contribution in [0.1, 0.15) is 150 Å². The Labute approximate surface area is 227 Å². The summed E-state index contributed by atoms with van der Waals surface area (Å²) in [4.78, 5) is 36.1. The van der Waals surface area contributed by atoms with Crippen LogP contribution in [0.2, 0.25) is 0 Å². The molecule has 6 nitrogen and oxygen atoms in total. The lowest BCUT2D eigenvalue weighted by molar-refractivity contribution is -0.190. The molecule has 0 aromatic rings. The lowest BCUT2D eigenvalue weighted by Gasteiger charge is -2.37. The van der Waals surface area contributed by atoms with Gasteiger partial charge >= 0.3 is 11.9 Å². The molecule has 0 aromatic heterocycles. The van der Waals surface area contributed by atoms with Gasteiger partial charge in [-0.3, -0.25) is 9.59 Å². The summed E-state index contributed by atoms with van der Waals surface area (Å²) in [6, 6.07) is -0.633. The minimum absolute atomic E-state index is 0.0741. The number of carbonyl (C=O) groups excluding carboxylic acids is 3. The smallest absolute Gasteiger partial charge is 0.328 e. The van der Waals surface area contributed by atoms with Gasteiger partial charge in [-0.25, -0.2) is 4.79 Å². The Morgan fingerprint density at radius 1 is 0.892 bits per heavy atom. The molecule has 0 spiro atoms. The topological polar surface area (TPSA) is 81.7 Å². The van der Waals surface area contributed by atoms with E-state index in [0.717, 1.165) is 38.5 Å². The quantitative estimate of drug-likeness (QED) is 0.0754. The fraction of sp³-hybridized carbons (Fsp3) is 0.903. The van der Waals surface area contributed by atoms with Crippen LogP contribution in [0.25, 0.3) is 0 Å². The first-order valence-electron chi connectivity index (χ1n) is 15.5. The number of hydrogen-bond donors (Lipinski definition) is 1. The summed E-state index contributed by atoms with van der Waals surface area (Å²) in [5.74, 6) is -0.300. The van der Waals surface area contributed by atoms with Crippen LogP contribution in [0.4, 0.5) is 0 Å². The molecule has 1 aliphatic heterocycles. The second-order valence-corrected chi connectivity index (χ2v) is 11.5. The molecule has 37 heavy (non-hydrogen) atoms. The standard InChI is InChI=1S/C31H57NO5/c1-5-7-9-11-12-13-14-15-16-17-18-20-26(36-31(35)28(32-24-33)22-25(3)4)23-29-27(30(34)37-29)21-19-10-8-6-2/h24-29H,5-23H2,1-4H3,(H,32,33)/t26-,27+,28-,29+/m1/s1. The maximum atomic E-state index is 12.9. The monoisotopic (exact) mass is 523 g/mol. The van der Waals surface area contributed by atoms with Crippen molar-refractivity contribution in [3.05, 3.63) is 0 Å². The van der Waals surface area contributed by atoms with Crippen molar-refractivity contribution in [2.45, 2.75) is 168 Å². The average molecular weight is 524 g/mol. The summed E-state index contributed by atoms with van der Waals surface area (Å²) >= 11 is 0. The van der Waals surface area contributed by atoms with Crippen molar-refractivity contribution in [2.75, 3.05) is 0 Å². The molecule has 216 valence electrons. The zero-order chi connectivity index (χ0) is 27.3. The van der Waals surface area contributed by atoms with Crippen molar-refractivity contribution in [3.8, 4) is 0 Å². The summed E-state index contributed by atoms with van der Waals surface area (Å²) in [6.45, 7) is 8.47. The minimum atomic E-state index is -0.633. The molecule has 1 rings (SSSR count). The van der Waals surface area contributed by atoms with E-state index in [-0.39, 0.29) is 36.0 Å². The molecule has 1 N–H and O–H groups in total. The summed E-state index contributed by atoms with van der Waals surface area (Å²) in [6.07, 6.45) is 21.3. The molecular formula is C31H57NO5. The predicted octanol–water partition coefficient (Wildman–Crippen LogP) is 7.66. The SMILES string of the molecule is CCCCCCCCCCCCC[C@H](C[C@@H]1OC(=O)[C@H]1CCCCCC)OC(=O)[C@@H](CC(C)C)NC=O. The van der Waals surface area contributed by atoms with E-state index >= 15 is 0 Å². The van der Waals surface area contributed by atoms with Gasteiger partial charge in [-0.1, -0.05) is 118 Å². The van der Waals surface area contributed by atoms with Crippen molar-refractivity contribution in [2.24, 2.45) is 11.8 Å². The molecule has 4 atom stereocenters. The zero-order valence-electron chi connectivity index (χ0n) is 24.4. The third-order valence-corrected chi connectivity index (χ3v) is 7.56. The second kappa shape index (κ2) is 21.4. The molecule has 0 radical (unpaired) electrons. The Bertz CT molecular complexity index is 608. The predicted molar refractivity (Wildman–Crippen MR) is 150 cm³/mol. The number of carbonyl (C=O) groups is 3. The Kier molecular flexibility index (Phi) is 19.3. The Morgan fingerprint density at radius 2 is 1.43 bits per heavy atom. The maximum absolute atomic E-state index is 12.9. The lowest BCUT2D eigenvalue weighted by Crippen LogP contribution is -2.48. The highest BCUT2D eigenvalue weighted by Crippen LogP contribution is 2.32. The van der Waals surface area contributed by atoms with Gasteiger partial charge in [0.2, 0.25) is 6.41 Å². The van der Waals surface area contributed by atoms with Crippen molar-refractivity contribution >= 4 is 18.3 Å². The van der Waals surface area contributed by atoms with E-state index in [1.807, 2.05) is 13.8 Å². The van der Waals surface area contributed by atoms with Gasteiger partial charge in [-0.15, -0.1) is 0 Å². The summed E-state index contributed by atoms with van der Waals surface area (Å²) < 4.78 is 11.4. The normalized spacial score (nSPS) is 18.7. The van der Waals surface area contributed by atoms with E-state index in [9.17, 15) is 14.4 Å². The van der Waals surface area contributed by atoms with Gasteiger partial charge < -0.3 is 14.8 Å². The number of rotatable bonds is 25. The number of hydrogen-bond acceptors (Lipinski definition) is 5. The van der Waals surface area contributed by atoms with Gasteiger partial charge in [-0.05, 0) is 31.6 Å². The van der Waals surface area contributed by atoms with Gasteiger partial charge in [0.15, 0.2) is 0 Å². The second-order valence-electron chi connectivity index (χ2n) is 11.5. The molecule has 1 saturated heterocycles. The van der Waals surface area contributed by atoms with Gasteiger partial charge in [-0.2, -0.15) is 0 Å². The van der Waals surface area contributed by atoms with Crippen molar-refractivity contribution in [3.63, 3.8) is 0 Å². The molecule has 0 saturated carbocycles. The van der Waals surface area contributed by atoms with Gasteiger partial charge in [0.05, 0.1) is 5.92 Å². The van der Waals surface area contributed by atoms with Crippen LogP contribution in [0.5, 0.6) is 0 Å². The van der Waals surface area contributed by atoms with E-state index in [4.69, 9.17) is 9.47 Å². The highest BCUT2D eigenvalue weighted by atomic mass is 16.6. The highest BCUT2D eigenvalue weighted by Gasteiger charge is 2.43. The number of ether oxygens (including phenoxy) is 2. The summed E-state index contributed by atoms with van der Waals surface area (Å²) in [5.41, 5.74) is 0. The number of amides is 1. The zero-order valence-corrected chi connectivity index (χ0v) is 24.4. The van der Waals surface area contributed by atoms with Crippen LogP contribution >= 0.6 is 0 Å². The average Bonchev–Trinajstić information content (AvgIpc) is 2.86. The number of esters is 2. The number of nitrogens with one attached hydrogen (secondary N) is 1. The third-order valence-electron chi connectivity index (χ3n) is 7.56. The molecule has 0 aromatic carbocycles. The van der Waals surface area contributed by atoms with Crippen LogP contribution in [-0.4, -0.2) is 36.6 Å². The largest absolute Gasteiger partial charge is 0.461 e. The van der Waals surface area contributed by atoms with Crippen molar-refractivity contribution < 1.29 is 23.9 Å². The molecule has 1 fully saturated rings. The van der Waals surface area contributed by atoms with Crippen LogP contribution in [0, 0.1) is 11.8 Å². The molecule has 1 heterocycles. The van der Waals surface area contributed by atoms with E-state index in [2.05, 4.69) is 19.2 Å². The van der Waals surface area contributed by atoms with E-state index in [1.54, 1.807) is 0 Å². The molecule has 6 heteroatoms. The Balaban J connectivity index is 2.52. The third kappa shape index (κ3) is 15.4. The van der Waals surface area contributed by atoms with Crippen LogP contribution in [0.15, 0.2) is 0 Å². The van der Waals surface area contributed by atoms with E-state index in [1.165, 1.54) is 70.6 Å².